The number of likely N-dealkylation sites (tertiary alicyclic amines) is 2. The van der Waals surface area contributed by atoms with E-state index in [0.29, 0.717) is 17.5 Å². The molecule has 33 heavy (non-hydrogen) atoms. The molecule has 6 nitrogen and oxygen atoms in total. The number of ether oxygens (including phenoxy) is 1. The van der Waals surface area contributed by atoms with Gasteiger partial charge in [-0.15, -0.1) is 0 Å². The number of nitrogens with one attached hydrogen (secondary N) is 1. The van der Waals surface area contributed by atoms with E-state index in [1.807, 2.05) is 35.4 Å². The number of aromatic amines is 1. The maximum atomic E-state index is 13.4. The molecule has 6 rings (SSSR count). The summed E-state index contributed by atoms with van der Waals surface area (Å²) in [6.45, 7) is 4.06. The third-order valence-electron chi connectivity index (χ3n) is 7.51. The van der Waals surface area contributed by atoms with Crippen LogP contribution in [0.2, 0.25) is 5.02 Å². The number of nitrogens with zero attached hydrogens (tertiary/aromatic N) is 3. The summed E-state index contributed by atoms with van der Waals surface area (Å²) in [5, 5.41) is 1.67. The van der Waals surface area contributed by atoms with E-state index >= 15 is 0 Å². The second-order valence-electron chi connectivity index (χ2n) is 9.50. The standard InChI is InChI=1S/C26H29ClN4O2/c27-18-14-17-15-23(26(32)31-12-6-19(7-13-31)30-10-2-1-3-11-30)33-24(17)22(16-18)20-4-8-28-25-21(20)5-9-29-25/h4-5,8-9,14,16,19,23H,1-3,6-7,10-13,15H2,(H,28,29)/t23-/m0/s1. The van der Waals surface area contributed by atoms with E-state index in [1.54, 1.807) is 6.20 Å². The van der Waals surface area contributed by atoms with Gasteiger partial charge in [0.15, 0.2) is 6.10 Å². The molecule has 1 N–H and O–H groups in total. The second-order valence-corrected chi connectivity index (χ2v) is 9.94. The highest BCUT2D eigenvalue weighted by molar-refractivity contribution is 6.31. The van der Waals surface area contributed by atoms with Gasteiger partial charge in [-0.3, -0.25) is 4.79 Å². The third kappa shape index (κ3) is 3.89. The SMILES string of the molecule is O=C([C@@H]1Cc2cc(Cl)cc(-c3ccnc4[nH]ccc34)c2O1)N1CCC(N2CCCCC2)CC1. The van der Waals surface area contributed by atoms with Crippen molar-refractivity contribution in [1.29, 1.82) is 0 Å². The molecule has 1 amide bonds. The van der Waals surface area contributed by atoms with Crippen molar-refractivity contribution in [3.63, 3.8) is 0 Å². The topological polar surface area (TPSA) is 61.5 Å². The van der Waals surface area contributed by atoms with Crippen molar-refractivity contribution in [3.8, 4) is 16.9 Å². The van der Waals surface area contributed by atoms with Crippen LogP contribution in [0.3, 0.4) is 0 Å². The van der Waals surface area contributed by atoms with Gasteiger partial charge in [-0.2, -0.15) is 0 Å². The quantitative estimate of drug-likeness (QED) is 0.612. The van der Waals surface area contributed by atoms with Crippen LogP contribution in [0.5, 0.6) is 5.75 Å². The Hall–Kier alpha value is -2.57. The maximum Gasteiger partial charge on any atom is 0.263 e. The van der Waals surface area contributed by atoms with Crippen LogP contribution < -0.4 is 4.74 Å². The highest BCUT2D eigenvalue weighted by Crippen LogP contribution is 2.43. The lowest BCUT2D eigenvalue weighted by atomic mass is 9.98. The van der Waals surface area contributed by atoms with E-state index in [4.69, 9.17) is 16.3 Å². The minimum Gasteiger partial charge on any atom is -0.479 e. The van der Waals surface area contributed by atoms with E-state index in [-0.39, 0.29) is 5.91 Å². The van der Waals surface area contributed by atoms with Gasteiger partial charge >= 0.3 is 0 Å². The zero-order valence-corrected chi connectivity index (χ0v) is 19.5. The Morgan fingerprint density at radius 1 is 1.06 bits per heavy atom. The van der Waals surface area contributed by atoms with Crippen LogP contribution >= 0.6 is 11.6 Å². The minimum atomic E-state index is -0.479. The van der Waals surface area contributed by atoms with Crippen molar-refractivity contribution in [2.75, 3.05) is 26.2 Å². The first-order chi connectivity index (χ1) is 16.2. The van der Waals surface area contributed by atoms with Crippen molar-refractivity contribution in [1.82, 2.24) is 19.8 Å². The molecule has 3 aliphatic heterocycles. The molecule has 1 atom stereocenters. The highest BCUT2D eigenvalue weighted by atomic mass is 35.5. The molecule has 0 unspecified atom stereocenters. The van der Waals surface area contributed by atoms with Crippen molar-refractivity contribution in [3.05, 3.63) is 47.2 Å². The van der Waals surface area contributed by atoms with Crippen LogP contribution in [-0.4, -0.2) is 64.0 Å². The fourth-order valence-corrected chi connectivity index (χ4v) is 6.04. The summed E-state index contributed by atoms with van der Waals surface area (Å²) in [4.78, 5) is 25.6. The Kier molecular flexibility index (Phi) is 5.51. The molecule has 2 aromatic heterocycles. The lowest BCUT2D eigenvalue weighted by Crippen LogP contribution is -2.50. The molecular weight excluding hydrogens is 436 g/mol. The Morgan fingerprint density at radius 3 is 2.70 bits per heavy atom. The van der Waals surface area contributed by atoms with E-state index < -0.39 is 6.10 Å². The van der Waals surface area contributed by atoms with Crippen molar-refractivity contribution < 1.29 is 9.53 Å². The Balaban J connectivity index is 1.20. The van der Waals surface area contributed by atoms with Gasteiger partial charge in [0, 0.05) is 59.5 Å². The summed E-state index contributed by atoms with van der Waals surface area (Å²) in [6.07, 6.45) is 9.85. The summed E-state index contributed by atoms with van der Waals surface area (Å²) in [5.41, 5.74) is 3.75. The smallest absolute Gasteiger partial charge is 0.263 e. The number of halogens is 1. The number of piperidine rings is 2. The summed E-state index contributed by atoms with van der Waals surface area (Å²) in [7, 11) is 0. The molecule has 2 saturated heterocycles. The third-order valence-corrected chi connectivity index (χ3v) is 7.72. The van der Waals surface area contributed by atoms with Gasteiger partial charge in [0.1, 0.15) is 11.4 Å². The van der Waals surface area contributed by atoms with Crippen LogP contribution in [0.1, 0.15) is 37.7 Å². The molecule has 0 radical (unpaired) electrons. The van der Waals surface area contributed by atoms with Crippen molar-refractivity contribution in [2.24, 2.45) is 0 Å². The fourth-order valence-electron chi connectivity index (χ4n) is 5.80. The van der Waals surface area contributed by atoms with Gasteiger partial charge < -0.3 is 19.5 Å². The Morgan fingerprint density at radius 2 is 1.88 bits per heavy atom. The lowest BCUT2D eigenvalue weighted by Gasteiger charge is -2.40. The monoisotopic (exact) mass is 464 g/mol. The second kappa shape index (κ2) is 8.65. The van der Waals surface area contributed by atoms with E-state index in [0.717, 1.165) is 59.4 Å². The molecule has 3 aliphatic rings. The van der Waals surface area contributed by atoms with Crippen molar-refractivity contribution in [2.45, 2.75) is 50.7 Å². The van der Waals surface area contributed by atoms with Gasteiger partial charge in [-0.25, -0.2) is 4.98 Å². The number of rotatable bonds is 3. The molecule has 0 aliphatic carbocycles. The minimum absolute atomic E-state index is 0.104. The summed E-state index contributed by atoms with van der Waals surface area (Å²) >= 11 is 6.49. The molecule has 0 spiro atoms. The van der Waals surface area contributed by atoms with Crippen LogP contribution in [0.15, 0.2) is 36.7 Å². The average Bonchev–Trinajstić information content (AvgIpc) is 3.51. The van der Waals surface area contributed by atoms with Crippen LogP contribution in [0, 0.1) is 0 Å². The number of hydrogen-bond acceptors (Lipinski definition) is 4. The molecule has 5 heterocycles. The average molecular weight is 465 g/mol. The Labute approximate surface area is 198 Å². The predicted molar refractivity (Wildman–Crippen MR) is 130 cm³/mol. The van der Waals surface area contributed by atoms with Crippen LogP contribution in [-0.2, 0) is 11.2 Å². The number of pyridine rings is 1. The number of carbonyl (C=O) groups is 1. The fraction of sp³-hybridized carbons (Fsp3) is 0.462. The predicted octanol–water partition coefficient (Wildman–Crippen LogP) is 4.66. The van der Waals surface area contributed by atoms with Gasteiger partial charge in [0.2, 0.25) is 0 Å². The Bertz CT molecular complexity index is 1180. The van der Waals surface area contributed by atoms with E-state index in [1.165, 1.54) is 32.4 Å². The molecule has 7 heteroatoms. The van der Waals surface area contributed by atoms with Gasteiger partial charge in [-0.1, -0.05) is 18.0 Å². The first kappa shape index (κ1) is 21.0. The number of carbonyl (C=O) groups excluding carboxylic acids is 1. The molecule has 172 valence electrons. The number of amides is 1. The largest absolute Gasteiger partial charge is 0.479 e. The summed E-state index contributed by atoms with van der Waals surface area (Å²) in [5.74, 6) is 0.876. The van der Waals surface area contributed by atoms with Crippen molar-refractivity contribution >= 4 is 28.5 Å². The van der Waals surface area contributed by atoms with Crippen LogP contribution in [0.4, 0.5) is 0 Å². The summed E-state index contributed by atoms with van der Waals surface area (Å²) < 4.78 is 6.34. The normalized spacial score (nSPS) is 21.8. The molecule has 2 fully saturated rings. The lowest BCUT2D eigenvalue weighted by molar-refractivity contribution is -0.139. The maximum absolute atomic E-state index is 13.4. The first-order valence-corrected chi connectivity index (χ1v) is 12.5. The number of fused-ring (bicyclic) bond motifs is 2. The zero-order valence-electron chi connectivity index (χ0n) is 18.7. The first-order valence-electron chi connectivity index (χ1n) is 12.1. The molecule has 3 aromatic rings. The molecule has 0 saturated carbocycles. The molecular formula is C26H29ClN4O2. The zero-order chi connectivity index (χ0) is 22.4. The number of H-pyrrole nitrogens is 1. The number of aromatic nitrogens is 2. The van der Waals surface area contributed by atoms with Gasteiger partial charge in [-0.05, 0) is 68.6 Å². The van der Waals surface area contributed by atoms with E-state index in [2.05, 4.69) is 14.9 Å². The molecule has 0 bridgehead atoms. The highest BCUT2D eigenvalue weighted by Gasteiger charge is 2.36. The molecule has 1 aromatic carbocycles. The van der Waals surface area contributed by atoms with E-state index in [9.17, 15) is 4.79 Å². The summed E-state index contributed by atoms with van der Waals surface area (Å²) in [6, 6.07) is 8.48. The number of benzene rings is 1. The van der Waals surface area contributed by atoms with Gasteiger partial charge in [0.05, 0.1) is 0 Å². The van der Waals surface area contributed by atoms with Crippen LogP contribution in [0.25, 0.3) is 22.2 Å². The number of hydrogen-bond donors (Lipinski definition) is 1. The van der Waals surface area contributed by atoms with Gasteiger partial charge in [0.25, 0.3) is 5.91 Å².